The minimum Gasteiger partial charge on any atom is -0.490 e. The Labute approximate surface area is 209 Å². The monoisotopic (exact) mass is 480 g/mol. The van der Waals surface area contributed by atoms with E-state index in [9.17, 15) is 15.0 Å². The van der Waals surface area contributed by atoms with Crippen LogP contribution in [0.1, 0.15) is 55.2 Å². The summed E-state index contributed by atoms with van der Waals surface area (Å²) < 4.78 is 6.02. The van der Waals surface area contributed by atoms with Gasteiger partial charge in [-0.15, -0.1) is 0 Å². The minimum absolute atomic E-state index is 0.0569. The van der Waals surface area contributed by atoms with Crippen molar-refractivity contribution in [1.29, 1.82) is 0 Å². The largest absolute Gasteiger partial charge is 0.490 e. The van der Waals surface area contributed by atoms with Crippen molar-refractivity contribution in [2.75, 3.05) is 39.3 Å². The van der Waals surface area contributed by atoms with E-state index >= 15 is 0 Å². The van der Waals surface area contributed by atoms with Gasteiger partial charge in [-0.1, -0.05) is 36.4 Å². The first-order chi connectivity index (χ1) is 16.6. The van der Waals surface area contributed by atoms with Crippen molar-refractivity contribution in [1.82, 2.24) is 9.80 Å². The highest BCUT2D eigenvalue weighted by Gasteiger charge is 2.41. The second-order valence-corrected chi connectivity index (χ2v) is 10.8. The molecule has 1 heterocycles. The van der Waals surface area contributed by atoms with Gasteiger partial charge in [-0.2, -0.15) is 0 Å². The van der Waals surface area contributed by atoms with E-state index in [1.807, 2.05) is 31.2 Å². The number of aryl methyl sites for hydroxylation is 2. The van der Waals surface area contributed by atoms with Gasteiger partial charge in [0.1, 0.15) is 18.0 Å². The van der Waals surface area contributed by atoms with Crippen molar-refractivity contribution in [3.63, 3.8) is 0 Å². The van der Waals surface area contributed by atoms with Crippen LogP contribution in [0.4, 0.5) is 0 Å². The van der Waals surface area contributed by atoms with E-state index in [1.165, 1.54) is 11.1 Å². The minimum atomic E-state index is -1.22. The number of ether oxygens (including phenoxy) is 1. The van der Waals surface area contributed by atoms with E-state index in [2.05, 4.69) is 36.1 Å². The highest BCUT2D eigenvalue weighted by molar-refractivity contribution is 5.73. The molecule has 6 nitrogen and oxygen atoms in total. The number of hydrogen-bond donors (Lipinski definition) is 2. The number of carbonyl (C=O) groups excluding carboxylic acids is 1. The predicted octanol–water partition coefficient (Wildman–Crippen LogP) is 3.67. The molecule has 2 aliphatic rings. The maximum absolute atomic E-state index is 12.2. The number of nitrogens with zero attached hydrogens (tertiary/aromatic N) is 2. The molecule has 2 fully saturated rings. The fourth-order valence-corrected chi connectivity index (χ4v) is 5.55. The fourth-order valence-electron chi connectivity index (χ4n) is 5.55. The van der Waals surface area contributed by atoms with Gasteiger partial charge in [-0.25, -0.2) is 0 Å². The molecule has 0 bridgehead atoms. The Morgan fingerprint density at radius 3 is 2.34 bits per heavy atom. The molecular weight excluding hydrogens is 440 g/mol. The van der Waals surface area contributed by atoms with Crippen molar-refractivity contribution in [2.45, 2.75) is 63.6 Å². The second-order valence-electron chi connectivity index (χ2n) is 10.8. The highest BCUT2D eigenvalue weighted by atomic mass is 16.5. The molecule has 35 heavy (non-hydrogen) atoms. The van der Waals surface area contributed by atoms with Crippen LogP contribution in [-0.2, 0) is 4.79 Å². The molecule has 1 aliphatic carbocycles. The third-order valence-electron chi connectivity index (χ3n) is 7.83. The first-order valence-electron chi connectivity index (χ1n) is 12.8. The highest BCUT2D eigenvalue weighted by Crippen LogP contribution is 2.38. The summed E-state index contributed by atoms with van der Waals surface area (Å²) in [6.07, 6.45) is 3.37. The molecule has 1 unspecified atom stereocenters. The van der Waals surface area contributed by atoms with Crippen molar-refractivity contribution in [2.24, 2.45) is 0 Å². The Hall–Kier alpha value is -2.41. The van der Waals surface area contributed by atoms with Gasteiger partial charge in [0.2, 0.25) is 5.91 Å². The first kappa shape index (κ1) is 25.7. The summed E-state index contributed by atoms with van der Waals surface area (Å²) in [6.45, 7) is 7.94. The quantitative estimate of drug-likeness (QED) is 0.660. The Balaban J connectivity index is 1.41. The average Bonchev–Trinajstić information content (AvgIpc) is 2.99. The number of rotatable bonds is 6. The maximum atomic E-state index is 12.2. The molecular formula is C29H40N2O4. The molecule has 2 N–H and O–H groups in total. The smallest absolute Gasteiger partial charge is 0.219 e. The zero-order valence-corrected chi connectivity index (χ0v) is 21.4. The molecule has 1 saturated carbocycles. The molecule has 1 aliphatic heterocycles. The lowest BCUT2D eigenvalue weighted by molar-refractivity contribution is -0.132. The van der Waals surface area contributed by atoms with Gasteiger partial charge in [0, 0.05) is 33.1 Å². The van der Waals surface area contributed by atoms with E-state index in [0.29, 0.717) is 37.8 Å². The van der Waals surface area contributed by atoms with Crippen LogP contribution in [0.15, 0.2) is 48.5 Å². The number of carbonyl (C=O) groups is 1. The Morgan fingerprint density at radius 1 is 0.971 bits per heavy atom. The Kier molecular flexibility index (Phi) is 7.84. The molecule has 2 aromatic rings. The molecule has 4 rings (SSSR count). The summed E-state index contributed by atoms with van der Waals surface area (Å²) in [6, 6.07) is 16.4. The van der Waals surface area contributed by atoms with E-state index in [0.717, 1.165) is 31.2 Å². The van der Waals surface area contributed by atoms with Gasteiger partial charge in [0.05, 0.1) is 12.1 Å². The second kappa shape index (κ2) is 10.7. The zero-order valence-electron chi connectivity index (χ0n) is 21.4. The number of benzene rings is 2. The van der Waals surface area contributed by atoms with Crippen LogP contribution in [0.2, 0.25) is 0 Å². The van der Waals surface area contributed by atoms with Crippen molar-refractivity contribution < 1.29 is 19.7 Å². The van der Waals surface area contributed by atoms with Crippen LogP contribution in [0.3, 0.4) is 0 Å². The molecule has 0 radical (unpaired) electrons. The van der Waals surface area contributed by atoms with Gasteiger partial charge in [0.15, 0.2) is 0 Å². The standard InChI is InChI=1S/C29H40N2O4/c1-22-9-10-27(17-23(22)2)35-21-29(34)19-30(15-16-31(20-29)24(3)32)18-28(33)13-11-26(12-14-28)25-7-5-4-6-8-25/h4-10,17,26,33-34H,11-16,18-21H2,1-3H3. The third kappa shape index (κ3) is 6.63. The molecule has 0 spiro atoms. The normalized spacial score (nSPS) is 27.9. The molecule has 1 atom stereocenters. The van der Waals surface area contributed by atoms with Crippen molar-refractivity contribution in [3.05, 3.63) is 65.2 Å². The Morgan fingerprint density at radius 2 is 1.69 bits per heavy atom. The molecule has 2 aromatic carbocycles. The van der Waals surface area contributed by atoms with Gasteiger partial charge in [0.25, 0.3) is 0 Å². The fraction of sp³-hybridized carbons (Fsp3) is 0.552. The van der Waals surface area contributed by atoms with Crippen molar-refractivity contribution >= 4 is 5.91 Å². The van der Waals surface area contributed by atoms with E-state index < -0.39 is 11.2 Å². The summed E-state index contributed by atoms with van der Waals surface area (Å²) >= 11 is 0. The van der Waals surface area contributed by atoms with E-state index in [1.54, 1.807) is 11.8 Å². The number of β-amino-alcohol motifs (C(OH)–C–C–N with tert-alkyl or cyclic N) is 2. The summed E-state index contributed by atoms with van der Waals surface area (Å²) in [5, 5.41) is 23.0. The predicted molar refractivity (Wildman–Crippen MR) is 138 cm³/mol. The van der Waals surface area contributed by atoms with Crippen LogP contribution in [0.25, 0.3) is 0 Å². The topological polar surface area (TPSA) is 73.2 Å². The molecule has 1 saturated heterocycles. The van der Waals surface area contributed by atoms with Crippen LogP contribution >= 0.6 is 0 Å². The van der Waals surface area contributed by atoms with Gasteiger partial charge < -0.3 is 19.8 Å². The summed E-state index contributed by atoms with van der Waals surface area (Å²) in [7, 11) is 0. The first-order valence-corrected chi connectivity index (χ1v) is 12.8. The number of hydrogen-bond acceptors (Lipinski definition) is 5. The SMILES string of the molecule is CC(=O)N1CCN(CC2(O)CCC(c3ccccc3)CC2)CC(O)(COc2ccc(C)c(C)c2)C1. The summed E-state index contributed by atoms with van der Waals surface area (Å²) in [4.78, 5) is 16.0. The maximum Gasteiger partial charge on any atom is 0.219 e. The zero-order chi connectivity index (χ0) is 25.1. The number of aliphatic hydroxyl groups is 2. The summed E-state index contributed by atoms with van der Waals surface area (Å²) in [5.41, 5.74) is 1.66. The van der Waals surface area contributed by atoms with Gasteiger partial charge >= 0.3 is 0 Å². The molecule has 6 heteroatoms. The van der Waals surface area contributed by atoms with Crippen LogP contribution in [0, 0.1) is 13.8 Å². The molecule has 190 valence electrons. The lowest BCUT2D eigenvalue weighted by Gasteiger charge is -2.40. The lowest BCUT2D eigenvalue weighted by Crippen LogP contribution is -2.54. The Bertz CT molecular complexity index is 1000. The van der Waals surface area contributed by atoms with Crippen LogP contribution < -0.4 is 4.74 Å². The molecule has 1 amide bonds. The lowest BCUT2D eigenvalue weighted by atomic mass is 9.76. The molecule has 0 aromatic heterocycles. The van der Waals surface area contributed by atoms with Crippen molar-refractivity contribution in [3.8, 4) is 5.75 Å². The summed E-state index contributed by atoms with van der Waals surface area (Å²) in [5.74, 6) is 1.14. The van der Waals surface area contributed by atoms with E-state index in [4.69, 9.17) is 4.74 Å². The van der Waals surface area contributed by atoms with Crippen LogP contribution in [0.5, 0.6) is 5.75 Å². The number of amides is 1. The average molecular weight is 481 g/mol. The van der Waals surface area contributed by atoms with Crippen LogP contribution in [-0.4, -0.2) is 76.5 Å². The van der Waals surface area contributed by atoms with Gasteiger partial charge in [-0.3, -0.25) is 9.69 Å². The third-order valence-corrected chi connectivity index (χ3v) is 7.83. The van der Waals surface area contributed by atoms with E-state index in [-0.39, 0.29) is 19.1 Å². The van der Waals surface area contributed by atoms with Gasteiger partial charge in [-0.05, 0) is 74.3 Å².